The quantitative estimate of drug-likeness (QED) is 0.822. The lowest BCUT2D eigenvalue weighted by Gasteiger charge is -2.12. The Morgan fingerprint density at radius 3 is 2.61 bits per heavy atom. The van der Waals surface area contributed by atoms with Crippen LogP contribution < -0.4 is 5.73 Å². The number of nitrogen functional groups attached to an aromatic ring is 1. The molecule has 0 aliphatic heterocycles. The van der Waals surface area contributed by atoms with Crippen molar-refractivity contribution in [2.24, 2.45) is 0 Å². The Morgan fingerprint density at radius 2 is 1.89 bits per heavy atom. The van der Waals surface area contributed by atoms with E-state index in [2.05, 4.69) is 0 Å². The van der Waals surface area contributed by atoms with Gasteiger partial charge >= 0.3 is 0 Å². The van der Waals surface area contributed by atoms with Crippen molar-refractivity contribution < 1.29 is 13.9 Å². The molecular formula is C14H13F2NO. The summed E-state index contributed by atoms with van der Waals surface area (Å²) in [6.45, 7) is 0. The number of benzene rings is 2. The average molecular weight is 249 g/mol. The van der Waals surface area contributed by atoms with Gasteiger partial charge in [-0.25, -0.2) is 8.78 Å². The molecule has 2 aromatic rings. The second-order valence-corrected chi connectivity index (χ2v) is 4.13. The largest absolute Gasteiger partial charge is 0.399 e. The summed E-state index contributed by atoms with van der Waals surface area (Å²) in [5.74, 6) is -1.05. The van der Waals surface area contributed by atoms with Gasteiger partial charge in [-0.2, -0.15) is 0 Å². The smallest absolute Gasteiger partial charge is 0.126 e. The van der Waals surface area contributed by atoms with E-state index in [9.17, 15) is 13.9 Å². The number of aliphatic hydroxyl groups excluding tert-OH is 1. The molecule has 0 radical (unpaired) electrons. The summed E-state index contributed by atoms with van der Waals surface area (Å²) >= 11 is 0. The van der Waals surface area contributed by atoms with Gasteiger partial charge in [0.15, 0.2) is 0 Å². The van der Waals surface area contributed by atoms with Crippen molar-refractivity contribution in [1.82, 2.24) is 0 Å². The van der Waals surface area contributed by atoms with Gasteiger partial charge in [-0.3, -0.25) is 0 Å². The van der Waals surface area contributed by atoms with Crippen LogP contribution in [0.3, 0.4) is 0 Å². The highest BCUT2D eigenvalue weighted by Crippen LogP contribution is 2.22. The van der Waals surface area contributed by atoms with Crippen LogP contribution in [-0.4, -0.2) is 5.11 Å². The maximum Gasteiger partial charge on any atom is 0.126 e. The Balaban J connectivity index is 2.21. The number of aliphatic hydroxyl groups is 1. The number of nitrogens with two attached hydrogens (primary N) is 1. The van der Waals surface area contributed by atoms with E-state index < -0.39 is 17.7 Å². The van der Waals surface area contributed by atoms with Crippen LogP contribution in [0, 0.1) is 11.6 Å². The van der Waals surface area contributed by atoms with E-state index >= 15 is 0 Å². The molecule has 0 amide bonds. The zero-order valence-corrected chi connectivity index (χ0v) is 9.61. The predicted molar refractivity (Wildman–Crippen MR) is 65.9 cm³/mol. The molecular weight excluding hydrogens is 236 g/mol. The van der Waals surface area contributed by atoms with E-state index in [0.29, 0.717) is 11.3 Å². The van der Waals surface area contributed by atoms with Crippen molar-refractivity contribution in [3.05, 3.63) is 65.2 Å². The van der Waals surface area contributed by atoms with Crippen molar-refractivity contribution in [3.8, 4) is 0 Å². The normalized spacial score (nSPS) is 12.4. The van der Waals surface area contributed by atoms with E-state index in [1.165, 1.54) is 0 Å². The Kier molecular flexibility index (Phi) is 3.58. The summed E-state index contributed by atoms with van der Waals surface area (Å²) in [4.78, 5) is 0. The molecule has 0 fully saturated rings. The summed E-state index contributed by atoms with van der Waals surface area (Å²) < 4.78 is 26.4. The Labute approximate surface area is 104 Å². The molecule has 0 heterocycles. The van der Waals surface area contributed by atoms with Gasteiger partial charge in [0, 0.05) is 12.1 Å². The minimum absolute atomic E-state index is 0.00699. The first kappa shape index (κ1) is 12.5. The first-order chi connectivity index (χ1) is 8.56. The van der Waals surface area contributed by atoms with Crippen molar-refractivity contribution >= 4 is 5.69 Å². The van der Waals surface area contributed by atoms with E-state index in [1.54, 1.807) is 24.3 Å². The first-order valence-electron chi connectivity index (χ1n) is 5.53. The number of hydrogen-bond acceptors (Lipinski definition) is 2. The van der Waals surface area contributed by atoms with Crippen LogP contribution in [0.2, 0.25) is 0 Å². The third-order valence-corrected chi connectivity index (χ3v) is 2.72. The van der Waals surface area contributed by atoms with E-state index in [1.807, 2.05) is 0 Å². The third-order valence-electron chi connectivity index (χ3n) is 2.72. The fourth-order valence-corrected chi connectivity index (χ4v) is 1.79. The molecule has 1 atom stereocenters. The maximum absolute atomic E-state index is 13.4. The van der Waals surface area contributed by atoms with Gasteiger partial charge in [0.2, 0.25) is 0 Å². The van der Waals surface area contributed by atoms with E-state index in [4.69, 9.17) is 5.73 Å². The van der Waals surface area contributed by atoms with Crippen LogP contribution in [-0.2, 0) is 6.42 Å². The molecule has 1 unspecified atom stereocenters. The van der Waals surface area contributed by atoms with Crippen molar-refractivity contribution in [2.75, 3.05) is 5.73 Å². The van der Waals surface area contributed by atoms with Crippen LogP contribution in [0.15, 0.2) is 42.5 Å². The van der Waals surface area contributed by atoms with Gasteiger partial charge in [-0.05, 0) is 41.5 Å². The van der Waals surface area contributed by atoms with E-state index in [0.717, 1.165) is 18.2 Å². The minimum atomic E-state index is -0.912. The van der Waals surface area contributed by atoms with Crippen LogP contribution in [0.4, 0.5) is 14.5 Å². The molecule has 18 heavy (non-hydrogen) atoms. The van der Waals surface area contributed by atoms with Gasteiger partial charge in [0.25, 0.3) is 0 Å². The molecule has 0 saturated heterocycles. The molecule has 0 aliphatic carbocycles. The summed E-state index contributed by atoms with van der Waals surface area (Å²) in [6, 6.07) is 9.89. The molecule has 0 aromatic heterocycles. The second-order valence-electron chi connectivity index (χ2n) is 4.13. The third kappa shape index (κ3) is 2.84. The summed E-state index contributed by atoms with van der Waals surface area (Å²) in [5, 5.41) is 9.97. The molecule has 4 heteroatoms. The Bertz CT molecular complexity index is 557. The Hall–Kier alpha value is -1.94. The zero-order chi connectivity index (χ0) is 13.1. The average Bonchev–Trinajstić information content (AvgIpc) is 2.34. The van der Waals surface area contributed by atoms with Gasteiger partial charge < -0.3 is 10.8 Å². The molecule has 2 nitrogen and oxygen atoms in total. The predicted octanol–water partition coefficient (Wildman–Crippen LogP) is 2.82. The topological polar surface area (TPSA) is 46.2 Å². The second kappa shape index (κ2) is 5.14. The van der Waals surface area contributed by atoms with Crippen LogP contribution >= 0.6 is 0 Å². The van der Waals surface area contributed by atoms with Gasteiger partial charge in [-0.15, -0.1) is 0 Å². The summed E-state index contributed by atoms with van der Waals surface area (Å²) in [6.07, 6.45) is -0.905. The van der Waals surface area contributed by atoms with E-state index in [-0.39, 0.29) is 12.0 Å². The lowest BCUT2D eigenvalue weighted by Crippen LogP contribution is -2.04. The number of anilines is 1. The highest BCUT2D eigenvalue weighted by molar-refractivity contribution is 5.41. The molecule has 94 valence electrons. The first-order valence-corrected chi connectivity index (χ1v) is 5.53. The van der Waals surface area contributed by atoms with Crippen LogP contribution in [0.5, 0.6) is 0 Å². The molecule has 0 aliphatic rings. The summed E-state index contributed by atoms with van der Waals surface area (Å²) in [5.41, 5.74) is 6.84. The van der Waals surface area contributed by atoms with Crippen molar-refractivity contribution in [2.45, 2.75) is 12.5 Å². The highest BCUT2D eigenvalue weighted by atomic mass is 19.1. The van der Waals surface area contributed by atoms with Crippen LogP contribution in [0.25, 0.3) is 0 Å². The lowest BCUT2D eigenvalue weighted by atomic mass is 10.0. The molecule has 0 bridgehead atoms. The Morgan fingerprint density at radius 1 is 1.11 bits per heavy atom. The number of rotatable bonds is 3. The van der Waals surface area contributed by atoms with Crippen molar-refractivity contribution in [1.29, 1.82) is 0 Å². The summed E-state index contributed by atoms with van der Waals surface area (Å²) in [7, 11) is 0. The highest BCUT2D eigenvalue weighted by Gasteiger charge is 2.12. The standard InChI is InChI=1S/C14H13F2NO/c15-11-4-5-13(16)10(6-11)8-14(18)9-2-1-3-12(17)7-9/h1-7,14,18H,8,17H2. The molecule has 2 rings (SSSR count). The molecule has 3 N–H and O–H groups in total. The van der Waals surface area contributed by atoms with Crippen molar-refractivity contribution in [3.63, 3.8) is 0 Å². The fraction of sp³-hybridized carbons (Fsp3) is 0.143. The van der Waals surface area contributed by atoms with Gasteiger partial charge in [-0.1, -0.05) is 12.1 Å². The van der Waals surface area contributed by atoms with Gasteiger partial charge in [0.1, 0.15) is 11.6 Å². The SMILES string of the molecule is Nc1cccc(C(O)Cc2cc(F)ccc2F)c1. The lowest BCUT2D eigenvalue weighted by molar-refractivity contribution is 0.177. The zero-order valence-electron chi connectivity index (χ0n) is 9.61. The molecule has 0 saturated carbocycles. The maximum atomic E-state index is 13.4. The number of hydrogen-bond donors (Lipinski definition) is 2. The molecule has 2 aromatic carbocycles. The fourth-order valence-electron chi connectivity index (χ4n) is 1.79. The van der Waals surface area contributed by atoms with Crippen LogP contribution in [0.1, 0.15) is 17.2 Å². The minimum Gasteiger partial charge on any atom is -0.399 e. The number of halogens is 2. The molecule has 0 spiro atoms. The monoisotopic (exact) mass is 249 g/mol. The van der Waals surface area contributed by atoms with Gasteiger partial charge in [0.05, 0.1) is 6.10 Å².